The molecule has 22 heavy (non-hydrogen) atoms. The van der Waals surface area contributed by atoms with Crippen molar-refractivity contribution in [1.82, 2.24) is 10.6 Å². The molecule has 0 bridgehead atoms. The van der Waals surface area contributed by atoms with E-state index in [0.717, 1.165) is 45.4 Å². The Hall–Kier alpha value is -1.30. The predicted molar refractivity (Wildman–Crippen MR) is 80.5 cm³/mol. The summed E-state index contributed by atoms with van der Waals surface area (Å²) in [5.74, 6) is -0.343. The molecule has 1 atom stereocenters. The Kier molecular flexibility index (Phi) is 4.57. The van der Waals surface area contributed by atoms with E-state index < -0.39 is 5.97 Å². The van der Waals surface area contributed by atoms with Gasteiger partial charge in [-0.15, -0.1) is 0 Å². The van der Waals surface area contributed by atoms with Gasteiger partial charge in [0.15, 0.2) is 0 Å². The van der Waals surface area contributed by atoms with E-state index >= 15 is 0 Å². The highest BCUT2D eigenvalue weighted by molar-refractivity contribution is 5.74. The van der Waals surface area contributed by atoms with Gasteiger partial charge in [0.05, 0.1) is 5.92 Å². The van der Waals surface area contributed by atoms with Crippen molar-refractivity contribution in [2.75, 3.05) is 19.8 Å². The molecular formula is C16H26N2O4. The standard InChI is InChI=1S/C16H26N2O4/c19-14(20)11-1-3-13(4-2-11)18-15(21)17-10-12-9-16(12)5-7-22-8-6-16/h11-13H,1-10H2,(H,19,20)(H2,17,18,21). The largest absolute Gasteiger partial charge is 0.481 e. The van der Waals surface area contributed by atoms with Crippen molar-refractivity contribution in [1.29, 1.82) is 0 Å². The molecule has 3 N–H and O–H groups in total. The van der Waals surface area contributed by atoms with Crippen molar-refractivity contribution in [2.24, 2.45) is 17.3 Å². The van der Waals surface area contributed by atoms with Crippen LogP contribution in [0.5, 0.6) is 0 Å². The first kappa shape index (κ1) is 15.6. The molecule has 3 aliphatic rings. The van der Waals surface area contributed by atoms with Gasteiger partial charge in [-0.25, -0.2) is 4.79 Å². The number of aliphatic carboxylic acids is 1. The van der Waals surface area contributed by atoms with Gasteiger partial charge in [-0.2, -0.15) is 0 Å². The van der Waals surface area contributed by atoms with Crippen LogP contribution in [0.4, 0.5) is 4.79 Å². The molecule has 2 amide bonds. The van der Waals surface area contributed by atoms with E-state index in [1.165, 1.54) is 6.42 Å². The fourth-order valence-electron chi connectivity index (χ4n) is 4.05. The van der Waals surface area contributed by atoms with Gasteiger partial charge in [0.1, 0.15) is 0 Å². The summed E-state index contributed by atoms with van der Waals surface area (Å²) >= 11 is 0. The second-order valence-electron chi connectivity index (χ2n) is 7.12. The summed E-state index contributed by atoms with van der Waals surface area (Å²) in [6, 6.07) is 0.0136. The molecule has 3 rings (SSSR count). The number of amides is 2. The molecule has 0 radical (unpaired) electrons. The zero-order valence-corrected chi connectivity index (χ0v) is 13.0. The predicted octanol–water partition coefficient (Wildman–Crippen LogP) is 1.75. The van der Waals surface area contributed by atoms with Crippen molar-refractivity contribution in [3.05, 3.63) is 0 Å². The lowest BCUT2D eigenvalue weighted by molar-refractivity contribution is -0.142. The van der Waals surface area contributed by atoms with Crippen LogP contribution in [0.2, 0.25) is 0 Å². The van der Waals surface area contributed by atoms with Crippen LogP contribution in [-0.2, 0) is 9.53 Å². The Morgan fingerprint density at radius 1 is 1.14 bits per heavy atom. The zero-order chi connectivity index (χ0) is 15.6. The molecule has 2 aliphatic carbocycles. The third-order valence-electron chi connectivity index (χ3n) is 5.77. The molecular weight excluding hydrogens is 284 g/mol. The molecule has 2 saturated carbocycles. The van der Waals surface area contributed by atoms with Crippen molar-refractivity contribution < 1.29 is 19.4 Å². The lowest BCUT2D eigenvalue weighted by atomic mass is 9.86. The monoisotopic (exact) mass is 310 g/mol. The third kappa shape index (κ3) is 3.54. The van der Waals surface area contributed by atoms with Crippen LogP contribution in [0, 0.1) is 17.3 Å². The Balaban J connectivity index is 1.33. The van der Waals surface area contributed by atoms with Crippen LogP contribution < -0.4 is 10.6 Å². The average Bonchev–Trinajstić information content (AvgIpc) is 3.18. The van der Waals surface area contributed by atoms with E-state index in [4.69, 9.17) is 9.84 Å². The van der Waals surface area contributed by atoms with Crippen LogP contribution >= 0.6 is 0 Å². The molecule has 1 unspecified atom stereocenters. The molecule has 0 aromatic rings. The molecule has 6 nitrogen and oxygen atoms in total. The second kappa shape index (κ2) is 6.44. The summed E-state index contributed by atoms with van der Waals surface area (Å²) in [6.07, 6.45) is 6.29. The Labute approximate surface area is 131 Å². The summed E-state index contributed by atoms with van der Waals surface area (Å²) < 4.78 is 5.40. The quantitative estimate of drug-likeness (QED) is 0.738. The van der Waals surface area contributed by atoms with Crippen molar-refractivity contribution in [3.8, 4) is 0 Å². The van der Waals surface area contributed by atoms with Gasteiger partial charge in [0.2, 0.25) is 0 Å². The number of nitrogens with one attached hydrogen (secondary N) is 2. The highest BCUT2D eigenvalue weighted by Crippen LogP contribution is 2.58. The number of hydrogen-bond donors (Lipinski definition) is 3. The van der Waals surface area contributed by atoms with E-state index in [1.54, 1.807) is 0 Å². The van der Waals surface area contributed by atoms with E-state index in [9.17, 15) is 9.59 Å². The first-order valence-corrected chi connectivity index (χ1v) is 8.44. The molecule has 6 heteroatoms. The maximum absolute atomic E-state index is 12.0. The van der Waals surface area contributed by atoms with Gasteiger partial charge in [0.25, 0.3) is 0 Å². The number of rotatable bonds is 4. The fourth-order valence-corrected chi connectivity index (χ4v) is 4.05. The van der Waals surface area contributed by atoms with Gasteiger partial charge in [-0.1, -0.05) is 0 Å². The average molecular weight is 310 g/mol. The van der Waals surface area contributed by atoms with E-state index in [0.29, 0.717) is 24.2 Å². The molecule has 1 aliphatic heterocycles. The lowest BCUT2D eigenvalue weighted by Crippen LogP contribution is -2.45. The number of ether oxygens (including phenoxy) is 1. The van der Waals surface area contributed by atoms with Crippen LogP contribution in [0.3, 0.4) is 0 Å². The van der Waals surface area contributed by atoms with Gasteiger partial charge in [-0.3, -0.25) is 4.79 Å². The summed E-state index contributed by atoms with van der Waals surface area (Å²) in [5, 5.41) is 14.9. The fraction of sp³-hybridized carbons (Fsp3) is 0.875. The number of hydrogen-bond acceptors (Lipinski definition) is 3. The Bertz CT molecular complexity index is 426. The summed E-state index contributed by atoms with van der Waals surface area (Å²) in [4.78, 5) is 22.9. The van der Waals surface area contributed by atoms with E-state index in [-0.39, 0.29) is 18.0 Å². The summed E-state index contributed by atoms with van der Waals surface area (Å²) in [5.41, 5.74) is 0.436. The first-order chi connectivity index (χ1) is 10.6. The van der Waals surface area contributed by atoms with Crippen molar-refractivity contribution in [3.63, 3.8) is 0 Å². The number of carboxylic acids is 1. The van der Waals surface area contributed by atoms with Crippen LogP contribution in [0.1, 0.15) is 44.9 Å². The molecule has 0 aromatic heterocycles. The van der Waals surface area contributed by atoms with Gasteiger partial charge in [0, 0.05) is 25.8 Å². The van der Waals surface area contributed by atoms with Crippen molar-refractivity contribution >= 4 is 12.0 Å². The first-order valence-electron chi connectivity index (χ1n) is 8.44. The smallest absolute Gasteiger partial charge is 0.315 e. The van der Waals surface area contributed by atoms with Gasteiger partial charge < -0.3 is 20.5 Å². The maximum atomic E-state index is 12.0. The van der Waals surface area contributed by atoms with Crippen LogP contribution in [0.15, 0.2) is 0 Å². The minimum Gasteiger partial charge on any atom is -0.481 e. The number of urea groups is 1. The Morgan fingerprint density at radius 2 is 1.82 bits per heavy atom. The molecule has 124 valence electrons. The summed E-state index contributed by atoms with van der Waals surface area (Å²) in [7, 11) is 0. The highest BCUT2D eigenvalue weighted by Gasteiger charge is 2.53. The Morgan fingerprint density at radius 3 is 2.45 bits per heavy atom. The molecule has 3 fully saturated rings. The second-order valence-corrected chi connectivity index (χ2v) is 7.12. The van der Waals surface area contributed by atoms with E-state index in [2.05, 4.69) is 10.6 Å². The normalized spacial score (nSPS) is 33.2. The molecule has 0 aromatic carbocycles. The summed E-state index contributed by atoms with van der Waals surface area (Å²) in [6.45, 7) is 2.46. The number of carboxylic acid groups (broad SMARTS) is 1. The minimum atomic E-state index is -0.710. The minimum absolute atomic E-state index is 0.104. The van der Waals surface area contributed by atoms with Crippen LogP contribution in [-0.4, -0.2) is 42.9 Å². The van der Waals surface area contributed by atoms with E-state index in [1.807, 2.05) is 0 Å². The lowest BCUT2D eigenvalue weighted by Gasteiger charge is -2.27. The molecule has 1 saturated heterocycles. The molecule has 1 spiro atoms. The van der Waals surface area contributed by atoms with Gasteiger partial charge in [-0.05, 0) is 56.3 Å². The van der Waals surface area contributed by atoms with Crippen LogP contribution in [0.25, 0.3) is 0 Å². The zero-order valence-electron chi connectivity index (χ0n) is 13.0. The number of carbonyl (C=O) groups is 2. The maximum Gasteiger partial charge on any atom is 0.315 e. The third-order valence-corrected chi connectivity index (χ3v) is 5.77. The van der Waals surface area contributed by atoms with Gasteiger partial charge >= 0.3 is 12.0 Å². The topological polar surface area (TPSA) is 87.7 Å². The SMILES string of the molecule is O=C(NCC1CC12CCOCC2)NC1CCC(C(=O)O)CC1. The highest BCUT2D eigenvalue weighted by atomic mass is 16.5. The van der Waals surface area contributed by atoms with Crippen molar-refractivity contribution in [2.45, 2.75) is 51.0 Å². The molecule has 1 heterocycles. The number of carbonyl (C=O) groups excluding carboxylic acids is 1.